The first-order valence-electron chi connectivity index (χ1n) is 7.46. The van der Waals surface area contributed by atoms with Crippen molar-refractivity contribution in [3.63, 3.8) is 0 Å². The van der Waals surface area contributed by atoms with E-state index in [9.17, 15) is 4.79 Å². The first-order chi connectivity index (χ1) is 11.2. The van der Waals surface area contributed by atoms with Crippen molar-refractivity contribution in [3.8, 4) is 16.8 Å². The standard InChI is InChI=1S/C18H18N4O/c1-2-13-6-8-14(9-7-13)15-4-3-5-17(10-15)22-12-16(11-20-22)21-18(19)23/h3-12H,2H2,1H3,(H3,19,21,23). The third-order valence-electron chi connectivity index (χ3n) is 3.66. The minimum Gasteiger partial charge on any atom is -0.351 e. The van der Waals surface area contributed by atoms with E-state index in [-0.39, 0.29) is 0 Å². The van der Waals surface area contributed by atoms with Crippen LogP contribution in [0.3, 0.4) is 0 Å². The van der Waals surface area contributed by atoms with Gasteiger partial charge in [0.15, 0.2) is 0 Å². The van der Waals surface area contributed by atoms with Gasteiger partial charge in [-0.25, -0.2) is 9.48 Å². The molecule has 0 spiro atoms. The Morgan fingerprint density at radius 3 is 2.65 bits per heavy atom. The molecule has 0 unspecified atom stereocenters. The van der Waals surface area contributed by atoms with Crippen LogP contribution in [0.2, 0.25) is 0 Å². The molecule has 1 aromatic heterocycles. The van der Waals surface area contributed by atoms with Crippen molar-refractivity contribution in [3.05, 3.63) is 66.5 Å². The lowest BCUT2D eigenvalue weighted by Gasteiger charge is -2.06. The lowest BCUT2D eigenvalue weighted by atomic mass is 10.0. The Morgan fingerprint density at radius 1 is 1.17 bits per heavy atom. The van der Waals surface area contributed by atoms with Gasteiger partial charge in [0, 0.05) is 0 Å². The molecule has 5 nitrogen and oxygen atoms in total. The number of urea groups is 1. The summed E-state index contributed by atoms with van der Waals surface area (Å²) in [6, 6.07) is 16.0. The number of amides is 2. The Morgan fingerprint density at radius 2 is 1.96 bits per heavy atom. The lowest BCUT2D eigenvalue weighted by Crippen LogP contribution is -2.18. The van der Waals surface area contributed by atoms with E-state index in [2.05, 4.69) is 53.7 Å². The number of hydrogen-bond donors (Lipinski definition) is 2. The van der Waals surface area contributed by atoms with Gasteiger partial charge in [-0.3, -0.25) is 0 Å². The number of benzene rings is 2. The number of carbonyl (C=O) groups excluding carboxylic acids is 1. The van der Waals surface area contributed by atoms with Gasteiger partial charge in [-0.05, 0) is 35.2 Å². The molecule has 116 valence electrons. The molecule has 0 saturated carbocycles. The number of aromatic nitrogens is 2. The highest BCUT2D eigenvalue weighted by Gasteiger charge is 2.04. The smallest absolute Gasteiger partial charge is 0.316 e. The molecule has 5 heteroatoms. The Hall–Kier alpha value is -3.08. The van der Waals surface area contributed by atoms with E-state index in [4.69, 9.17) is 5.73 Å². The van der Waals surface area contributed by atoms with Gasteiger partial charge in [-0.15, -0.1) is 0 Å². The van der Waals surface area contributed by atoms with Crippen molar-refractivity contribution < 1.29 is 4.79 Å². The van der Waals surface area contributed by atoms with E-state index in [1.165, 1.54) is 5.56 Å². The first-order valence-corrected chi connectivity index (χ1v) is 7.46. The summed E-state index contributed by atoms with van der Waals surface area (Å²) >= 11 is 0. The minimum absolute atomic E-state index is 0.565. The summed E-state index contributed by atoms with van der Waals surface area (Å²) in [5, 5.41) is 6.76. The van der Waals surface area contributed by atoms with Crippen LogP contribution in [0, 0.1) is 0 Å². The van der Waals surface area contributed by atoms with Crippen LogP contribution in [0.5, 0.6) is 0 Å². The molecule has 3 N–H and O–H groups in total. The van der Waals surface area contributed by atoms with Gasteiger partial charge in [0.05, 0.1) is 23.8 Å². The molecule has 0 saturated heterocycles. The highest BCUT2D eigenvalue weighted by molar-refractivity contribution is 5.87. The fourth-order valence-electron chi connectivity index (χ4n) is 2.43. The van der Waals surface area contributed by atoms with Crippen LogP contribution in [0.25, 0.3) is 16.8 Å². The second-order valence-electron chi connectivity index (χ2n) is 5.26. The van der Waals surface area contributed by atoms with Crippen molar-refractivity contribution in [2.24, 2.45) is 5.73 Å². The maximum Gasteiger partial charge on any atom is 0.316 e. The Bertz CT molecular complexity index is 821. The van der Waals surface area contributed by atoms with Crippen LogP contribution in [-0.4, -0.2) is 15.8 Å². The average Bonchev–Trinajstić information content (AvgIpc) is 3.03. The van der Waals surface area contributed by atoms with E-state index < -0.39 is 6.03 Å². The molecule has 3 aromatic rings. The zero-order valence-corrected chi connectivity index (χ0v) is 12.9. The molecule has 2 aromatic carbocycles. The first kappa shape index (κ1) is 14.8. The number of nitrogens with zero attached hydrogens (tertiary/aromatic N) is 2. The lowest BCUT2D eigenvalue weighted by molar-refractivity contribution is 0.259. The Balaban J connectivity index is 1.89. The second-order valence-corrected chi connectivity index (χ2v) is 5.26. The number of hydrogen-bond acceptors (Lipinski definition) is 2. The molecule has 0 radical (unpaired) electrons. The topological polar surface area (TPSA) is 72.9 Å². The molecule has 1 heterocycles. The van der Waals surface area contributed by atoms with E-state index >= 15 is 0 Å². The predicted octanol–water partition coefficient (Wildman–Crippen LogP) is 3.59. The van der Waals surface area contributed by atoms with Gasteiger partial charge in [-0.2, -0.15) is 5.10 Å². The molecule has 0 fully saturated rings. The third kappa shape index (κ3) is 3.40. The number of rotatable bonds is 4. The minimum atomic E-state index is -0.602. The van der Waals surface area contributed by atoms with Crippen molar-refractivity contribution in [2.75, 3.05) is 5.32 Å². The number of nitrogens with two attached hydrogens (primary N) is 1. The van der Waals surface area contributed by atoms with Crippen molar-refractivity contribution in [1.29, 1.82) is 0 Å². The number of primary amides is 1. The average molecular weight is 306 g/mol. The molecule has 0 atom stereocenters. The molecule has 0 aliphatic rings. The second kappa shape index (κ2) is 6.36. The summed E-state index contributed by atoms with van der Waals surface area (Å²) in [6.45, 7) is 2.14. The van der Waals surface area contributed by atoms with Crippen LogP contribution in [-0.2, 0) is 6.42 Å². The highest BCUT2D eigenvalue weighted by Crippen LogP contribution is 2.23. The summed E-state index contributed by atoms with van der Waals surface area (Å²) in [4.78, 5) is 10.9. The number of aryl methyl sites for hydroxylation is 1. The fraction of sp³-hybridized carbons (Fsp3) is 0.111. The summed E-state index contributed by atoms with van der Waals surface area (Å²) in [5.41, 5.74) is 10.2. The van der Waals surface area contributed by atoms with Gasteiger partial charge in [0.2, 0.25) is 0 Å². The Kier molecular flexibility index (Phi) is 4.10. The van der Waals surface area contributed by atoms with E-state index in [1.54, 1.807) is 17.1 Å². The summed E-state index contributed by atoms with van der Waals surface area (Å²) < 4.78 is 1.70. The Labute approximate surface area is 134 Å². The van der Waals surface area contributed by atoms with Crippen molar-refractivity contribution >= 4 is 11.7 Å². The van der Waals surface area contributed by atoms with Gasteiger partial charge in [-0.1, -0.05) is 43.3 Å². The van der Waals surface area contributed by atoms with Gasteiger partial charge < -0.3 is 11.1 Å². The van der Waals surface area contributed by atoms with Crippen molar-refractivity contribution in [2.45, 2.75) is 13.3 Å². The summed E-state index contributed by atoms with van der Waals surface area (Å²) in [5.74, 6) is 0. The number of nitrogens with one attached hydrogen (secondary N) is 1. The number of anilines is 1. The summed E-state index contributed by atoms with van der Waals surface area (Å²) in [7, 11) is 0. The predicted molar refractivity (Wildman–Crippen MR) is 91.6 cm³/mol. The quantitative estimate of drug-likeness (QED) is 0.773. The molecule has 2 amide bonds. The van der Waals surface area contributed by atoms with Gasteiger partial charge >= 0.3 is 6.03 Å². The van der Waals surface area contributed by atoms with Crippen LogP contribution in [0.4, 0.5) is 10.5 Å². The molecule has 23 heavy (non-hydrogen) atoms. The molecular formula is C18H18N4O. The van der Waals surface area contributed by atoms with Crippen LogP contribution < -0.4 is 11.1 Å². The molecule has 0 aliphatic carbocycles. The van der Waals surface area contributed by atoms with Crippen LogP contribution in [0.15, 0.2) is 60.9 Å². The van der Waals surface area contributed by atoms with E-state index in [0.717, 1.165) is 23.2 Å². The SMILES string of the molecule is CCc1ccc(-c2cccc(-n3cc(NC(N)=O)cn3)c2)cc1. The maximum atomic E-state index is 10.9. The zero-order valence-electron chi connectivity index (χ0n) is 12.9. The van der Waals surface area contributed by atoms with E-state index in [1.807, 2.05) is 12.1 Å². The van der Waals surface area contributed by atoms with Crippen molar-refractivity contribution in [1.82, 2.24) is 9.78 Å². The molecule has 3 rings (SSSR count). The molecule has 0 bridgehead atoms. The molecular weight excluding hydrogens is 288 g/mol. The monoisotopic (exact) mass is 306 g/mol. The normalized spacial score (nSPS) is 10.5. The maximum absolute atomic E-state index is 10.9. The molecule has 0 aliphatic heterocycles. The summed E-state index contributed by atoms with van der Waals surface area (Å²) in [6.07, 6.45) is 4.32. The van der Waals surface area contributed by atoms with Gasteiger partial charge in [0.25, 0.3) is 0 Å². The van der Waals surface area contributed by atoms with Crippen LogP contribution in [0.1, 0.15) is 12.5 Å². The van der Waals surface area contributed by atoms with E-state index in [0.29, 0.717) is 5.69 Å². The third-order valence-corrected chi connectivity index (χ3v) is 3.66. The zero-order chi connectivity index (χ0) is 16.2. The van der Waals surface area contributed by atoms with Gasteiger partial charge in [0.1, 0.15) is 0 Å². The highest BCUT2D eigenvalue weighted by atomic mass is 16.2. The largest absolute Gasteiger partial charge is 0.351 e. The number of carbonyl (C=O) groups is 1. The van der Waals surface area contributed by atoms with Crippen LogP contribution >= 0.6 is 0 Å². The fourth-order valence-corrected chi connectivity index (χ4v) is 2.43.